The van der Waals surface area contributed by atoms with Crippen LogP contribution in [0.15, 0.2) is 78.9 Å². The first-order valence-electron chi connectivity index (χ1n) is 11.4. The van der Waals surface area contributed by atoms with Crippen molar-refractivity contribution in [1.82, 2.24) is 4.90 Å². The second kappa shape index (κ2) is 10.4. The molecule has 1 aliphatic rings. The maximum absolute atomic E-state index is 12.8. The van der Waals surface area contributed by atoms with Gasteiger partial charge in [-0.2, -0.15) is 0 Å². The van der Waals surface area contributed by atoms with Gasteiger partial charge in [0.1, 0.15) is 0 Å². The van der Waals surface area contributed by atoms with E-state index >= 15 is 0 Å². The zero-order valence-electron chi connectivity index (χ0n) is 18.4. The van der Waals surface area contributed by atoms with Crippen LogP contribution in [-0.2, 0) is 17.8 Å². The monoisotopic (exact) mass is 412 g/mol. The molecule has 0 spiro atoms. The van der Waals surface area contributed by atoms with Crippen LogP contribution in [0.25, 0.3) is 11.1 Å². The number of hydrogen-bond donors (Lipinski definition) is 1. The van der Waals surface area contributed by atoms with Crippen molar-refractivity contribution in [3.63, 3.8) is 0 Å². The number of amides is 1. The van der Waals surface area contributed by atoms with E-state index in [-0.39, 0.29) is 5.91 Å². The Hall–Kier alpha value is -2.91. The third-order valence-electron chi connectivity index (χ3n) is 6.33. The fourth-order valence-corrected chi connectivity index (χ4v) is 4.53. The summed E-state index contributed by atoms with van der Waals surface area (Å²) >= 11 is 0. The number of hydrogen-bond acceptors (Lipinski definition) is 2. The molecule has 0 bridgehead atoms. The van der Waals surface area contributed by atoms with Gasteiger partial charge in [-0.1, -0.05) is 92.1 Å². The summed E-state index contributed by atoms with van der Waals surface area (Å²) in [6.45, 7) is 0.868. The molecule has 0 saturated heterocycles. The fraction of sp³-hybridized carbons (Fsp3) is 0.321. The average molecular weight is 413 g/mol. The normalized spacial score (nSPS) is 14.5. The smallest absolute Gasteiger partial charge is 0.228 e. The van der Waals surface area contributed by atoms with Gasteiger partial charge < -0.3 is 5.32 Å². The predicted octanol–water partition coefficient (Wildman–Crippen LogP) is 6.30. The zero-order valence-corrected chi connectivity index (χ0v) is 18.4. The van der Waals surface area contributed by atoms with E-state index in [1.54, 1.807) is 0 Å². The minimum absolute atomic E-state index is 0.0280. The van der Waals surface area contributed by atoms with Crippen LogP contribution < -0.4 is 5.32 Å². The minimum Gasteiger partial charge on any atom is -0.325 e. The van der Waals surface area contributed by atoms with E-state index in [0.717, 1.165) is 17.8 Å². The number of para-hydroxylation sites is 1. The molecular weight excluding hydrogens is 380 g/mol. The Bertz CT molecular complexity index is 975. The van der Waals surface area contributed by atoms with Crippen molar-refractivity contribution >= 4 is 11.6 Å². The Kier molecular flexibility index (Phi) is 7.16. The zero-order chi connectivity index (χ0) is 21.5. The Morgan fingerprint density at radius 2 is 1.48 bits per heavy atom. The minimum atomic E-state index is 0.0280. The quantitative estimate of drug-likeness (QED) is 0.494. The van der Waals surface area contributed by atoms with Gasteiger partial charge in [0.25, 0.3) is 0 Å². The van der Waals surface area contributed by atoms with Crippen molar-refractivity contribution in [2.75, 3.05) is 12.4 Å². The van der Waals surface area contributed by atoms with E-state index in [1.807, 2.05) is 42.5 Å². The van der Waals surface area contributed by atoms with Gasteiger partial charge in [-0.25, -0.2) is 0 Å². The van der Waals surface area contributed by atoms with Crippen molar-refractivity contribution in [1.29, 1.82) is 0 Å². The van der Waals surface area contributed by atoms with Crippen LogP contribution in [0.2, 0.25) is 0 Å². The maximum Gasteiger partial charge on any atom is 0.228 e. The van der Waals surface area contributed by atoms with E-state index in [1.165, 1.54) is 48.8 Å². The molecule has 1 saturated carbocycles. The van der Waals surface area contributed by atoms with E-state index < -0.39 is 0 Å². The Morgan fingerprint density at radius 1 is 0.839 bits per heavy atom. The molecule has 160 valence electrons. The van der Waals surface area contributed by atoms with Crippen LogP contribution in [0.5, 0.6) is 0 Å². The molecule has 1 amide bonds. The number of benzene rings is 3. The summed E-state index contributed by atoms with van der Waals surface area (Å²) < 4.78 is 0. The lowest BCUT2D eigenvalue weighted by Crippen LogP contribution is -2.33. The second-order valence-corrected chi connectivity index (χ2v) is 8.65. The highest BCUT2D eigenvalue weighted by molar-refractivity contribution is 5.93. The molecule has 1 N–H and O–H groups in total. The number of carbonyl (C=O) groups is 1. The second-order valence-electron chi connectivity index (χ2n) is 8.65. The molecule has 0 heterocycles. The van der Waals surface area contributed by atoms with Crippen LogP contribution in [0, 0.1) is 0 Å². The molecule has 3 heteroatoms. The van der Waals surface area contributed by atoms with Gasteiger partial charge in [0, 0.05) is 18.3 Å². The molecule has 0 radical (unpaired) electrons. The summed E-state index contributed by atoms with van der Waals surface area (Å²) in [5.41, 5.74) is 5.49. The highest BCUT2D eigenvalue weighted by atomic mass is 16.1. The summed E-state index contributed by atoms with van der Waals surface area (Å²) in [6.07, 6.45) is 6.96. The van der Waals surface area contributed by atoms with Gasteiger partial charge >= 0.3 is 0 Å². The summed E-state index contributed by atoms with van der Waals surface area (Å²) in [7, 11) is 2.21. The fourth-order valence-electron chi connectivity index (χ4n) is 4.53. The van der Waals surface area contributed by atoms with Crippen LogP contribution in [-0.4, -0.2) is 23.9 Å². The first-order valence-corrected chi connectivity index (χ1v) is 11.4. The van der Waals surface area contributed by atoms with Crippen molar-refractivity contribution in [2.45, 2.75) is 51.1 Å². The highest BCUT2D eigenvalue weighted by Crippen LogP contribution is 2.25. The van der Waals surface area contributed by atoms with Crippen molar-refractivity contribution in [3.05, 3.63) is 90.0 Å². The molecule has 3 aromatic carbocycles. The van der Waals surface area contributed by atoms with Gasteiger partial charge in [0.05, 0.1) is 6.42 Å². The predicted molar refractivity (Wildman–Crippen MR) is 129 cm³/mol. The standard InChI is InChI=1S/C28H32N2O/c1-30(26-13-6-3-7-14-26)21-25-12-8-9-15-27(25)29-28(31)20-22-16-18-24(19-17-22)23-10-4-2-5-11-23/h2,4-5,8-12,15-19,26H,3,6-7,13-14,20-21H2,1H3,(H,29,31). The molecule has 3 aromatic rings. The molecule has 0 atom stereocenters. The van der Waals surface area contributed by atoms with Crippen LogP contribution >= 0.6 is 0 Å². The lowest BCUT2D eigenvalue weighted by Gasteiger charge is -2.31. The number of carbonyl (C=O) groups excluding carboxylic acids is 1. The topological polar surface area (TPSA) is 32.3 Å². The summed E-state index contributed by atoms with van der Waals surface area (Å²) in [6, 6.07) is 27.4. The SMILES string of the molecule is CN(Cc1ccccc1NC(=O)Cc1ccc(-c2ccccc2)cc1)C1CCCCC1. The molecular formula is C28H32N2O. The van der Waals surface area contributed by atoms with Gasteiger partial charge in [0.15, 0.2) is 0 Å². The molecule has 1 aliphatic carbocycles. The number of anilines is 1. The van der Waals surface area contributed by atoms with Crippen LogP contribution in [0.3, 0.4) is 0 Å². The molecule has 4 rings (SSSR count). The maximum atomic E-state index is 12.8. The third-order valence-corrected chi connectivity index (χ3v) is 6.33. The van der Waals surface area contributed by atoms with Gasteiger partial charge in [0.2, 0.25) is 5.91 Å². The first-order chi connectivity index (χ1) is 15.2. The van der Waals surface area contributed by atoms with E-state index in [9.17, 15) is 4.79 Å². The van der Waals surface area contributed by atoms with E-state index in [0.29, 0.717) is 12.5 Å². The van der Waals surface area contributed by atoms with Crippen molar-refractivity contribution in [2.24, 2.45) is 0 Å². The van der Waals surface area contributed by atoms with Gasteiger partial charge in [-0.3, -0.25) is 9.69 Å². The number of nitrogens with one attached hydrogen (secondary N) is 1. The van der Waals surface area contributed by atoms with Crippen LogP contribution in [0.1, 0.15) is 43.2 Å². The Morgan fingerprint density at radius 3 is 2.23 bits per heavy atom. The number of nitrogens with zero attached hydrogens (tertiary/aromatic N) is 1. The van der Waals surface area contributed by atoms with E-state index in [4.69, 9.17) is 0 Å². The Labute approximate surface area is 186 Å². The molecule has 0 aliphatic heterocycles. The van der Waals surface area contributed by atoms with Crippen molar-refractivity contribution < 1.29 is 4.79 Å². The van der Waals surface area contributed by atoms with Crippen molar-refractivity contribution in [3.8, 4) is 11.1 Å². The largest absolute Gasteiger partial charge is 0.325 e. The molecule has 3 nitrogen and oxygen atoms in total. The summed E-state index contributed by atoms with van der Waals surface area (Å²) in [5.74, 6) is 0.0280. The molecule has 0 unspecified atom stereocenters. The summed E-state index contributed by atoms with van der Waals surface area (Å²) in [5, 5.41) is 3.15. The number of rotatable bonds is 7. The Balaban J connectivity index is 1.37. The molecule has 31 heavy (non-hydrogen) atoms. The van der Waals surface area contributed by atoms with E-state index in [2.05, 4.69) is 53.7 Å². The van der Waals surface area contributed by atoms with Gasteiger partial charge in [-0.05, 0) is 48.2 Å². The lowest BCUT2D eigenvalue weighted by molar-refractivity contribution is -0.115. The average Bonchev–Trinajstić information content (AvgIpc) is 2.82. The van der Waals surface area contributed by atoms with Gasteiger partial charge in [-0.15, -0.1) is 0 Å². The highest BCUT2D eigenvalue weighted by Gasteiger charge is 2.19. The molecule has 0 aromatic heterocycles. The molecule has 1 fully saturated rings. The van der Waals surface area contributed by atoms with Crippen LogP contribution in [0.4, 0.5) is 5.69 Å². The first kappa shape index (κ1) is 21.3. The summed E-state index contributed by atoms with van der Waals surface area (Å²) in [4.78, 5) is 15.2. The third kappa shape index (κ3) is 5.83. The lowest BCUT2D eigenvalue weighted by atomic mass is 9.94.